The smallest absolute Gasteiger partial charge is 0.259 e. The third-order valence-corrected chi connectivity index (χ3v) is 5.53. The van der Waals surface area contributed by atoms with Gasteiger partial charge in [-0.15, -0.1) is 9.47 Å². The number of aromatic nitrogens is 8. The van der Waals surface area contributed by atoms with E-state index in [4.69, 9.17) is 4.74 Å². The Balaban J connectivity index is 1.28. The number of hydrogen-bond donors (Lipinski definition) is 0. The zero-order valence-electron chi connectivity index (χ0n) is 16.8. The van der Waals surface area contributed by atoms with Crippen LogP contribution >= 0.6 is 11.7 Å². The Morgan fingerprint density at radius 1 is 1.10 bits per heavy atom. The van der Waals surface area contributed by atoms with Gasteiger partial charge in [0.05, 0.1) is 17.4 Å². The molecule has 4 heterocycles. The van der Waals surface area contributed by atoms with Crippen molar-refractivity contribution in [3.8, 4) is 17.3 Å². The van der Waals surface area contributed by atoms with E-state index in [1.54, 1.807) is 11.0 Å². The molecule has 1 aromatic carbocycles. The van der Waals surface area contributed by atoms with Gasteiger partial charge in [-0.25, -0.2) is 14.6 Å². The summed E-state index contributed by atoms with van der Waals surface area (Å²) >= 11 is 1.15. The lowest BCUT2D eigenvalue weighted by Crippen LogP contribution is -2.30. The fraction of sp³-hybridized carbons (Fsp3) is 0.250. The quantitative estimate of drug-likeness (QED) is 0.453. The molecule has 3 aromatic heterocycles. The van der Waals surface area contributed by atoms with Crippen molar-refractivity contribution in [2.45, 2.75) is 19.8 Å². The second-order valence-electron chi connectivity index (χ2n) is 6.94. The molecule has 0 radical (unpaired) electrons. The lowest BCUT2D eigenvalue weighted by molar-refractivity contribution is 0.465. The zero-order chi connectivity index (χ0) is 21.0. The van der Waals surface area contributed by atoms with Crippen LogP contribution in [0, 0.1) is 0 Å². The Morgan fingerprint density at radius 3 is 2.61 bits per heavy atom. The summed E-state index contributed by atoms with van der Waals surface area (Å²) < 4.78 is 16.4. The van der Waals surface area contributed by atoms with E-state index >= 15 is 0 Å². The first-order valence-electron chi connectivity index (χ1n) is 9.89. The molecule has 0 unspecified atom stereocenters. The Kier molecular flexibility index (Phi) is 5.31. The molecule has 0 aliphatic carbocycles. The Morgan fingerprint density at radius 2 is 1.94 bits per heavy atom. The van der Waals surface area contributed by atoms with Crippen molar-refractivity contribution in [3.63, 3.8) is 0 Å². The van der Waals surface area contributed by atoms with Crippen LogP contribution in [-0.2, 0) is 6.42 Å². The number of benzene rings is 1. The maximum absolute atomic E-state index is 6.01. The lowest BCUT2D eigenvalue weighted by Gasteiger charge is -2.26. The lowest BCUT2D eigenvalue weighted by atomic mass is 10.1. The van der Waals surface area contributed by atoms with Gasteiger partial charge in [0.25, 0.3) is 5.88 Å². The molecule has 11 heteroatoms. The molecular formula is C20H19N9OS. The van der Waals surface area contributed by atoms with Crippen LogP contribution in [0.25, 0.3) is 11.3 Å². The van der Waals surface area contributed by atoms with Gasteiger partial charge in [-0.05, 0) is 58.7 Å². The number of anilines is 1. The molecule has 0 N–H and O–H groups in total. The van der Waals surface area contributed by atoms with Crippen molar-refractivity contribution < 1.29 is 4.74 Å². The summed E-state index contributed by atoms with van der Waals surface area (Å²) in [5, 5.41) is 11.2. The fourth-order valence-electron chi connectivity index (χ4n) is 3.26. The molecule has 1 aliphatic rings. The highest BCUT2D eigenvalue weighted by molar-refractivity contribution is 6.99. The van der Waals surface area contributed by atoms with E-state index in [1.165, 1.54) is 0 Å². The maximum Gasteiger partial charge on any atom is 0.259 e. The Labute approximate surface area is 182 Å². The van der Waals surface area contributed by atoms with Crippen LogP contribution in [0.5, 0.6) is 11.6 Å². The summed E-state index contributed by atoms with van der Waals surface area (Å²) in [4.78, 5) is 11.1. The minimum atomic E-state index is 0.517. The van der Waals surface area contributed by atoms with Crippen LogP contribution in [-0.4, -0.2) is 52.0 Å². The first-order valence-corrected chi connectivity index (χ1v) is 10.6. The third kappa shape index (κ3) is 4.12. The Hall–Kier alpha value is -3.73. The Bertz CT molecular complexity index is 1170. The minimum Gasteiger partial charge on any atom is -0.436 e. The van der Waals surface area contributed by atoms with E-state index in [0.29, 0.717) is 11.6 Å². The molecular weight excluding hydrogens is 414 g/mol. The van der Waals surface area contributed by atoms with Crippen molar-refractivity contribution in [2.75, 3.05) is 18.0 Å². The van der Waals surface area contributed by atoms with E-state index in [-0.39, 0.29) is 0 Å². The van der Waals surface area contributed by atoms with Gasteiger partial charge in [0.15, 0.2) is 0 Å². The summed E-state index contributed by atoms with van der Waals surface area (Å²) in [7, 11) is 0. The number of rotatable bonds is 6. The van der Waals surface area contributed by atoms with Crippen molar-refractivity contribution >= 4 is 23.2 Å². The number of nitrogens with zero attached hydrogens (tertiary/aromatic N) is 9. The molecule has 5 rings (SSSR count). The maximum atomic E-state index is 6.01. The van der Waals surface area contributed by atoms with Gasteiger partial charge in [0.1, 0.15) is 17.8 Å². The summed E-state index contributed by atoms with van der Waals surface area (Å²) in [6.45, 7) is 3.63. The molecule has 0 spiro atoms. The molecule has 0 fully saturated rings. The van der Waals surface area contributed by atoms with E-state index < -0.39 is 0 Å². The topological polar surface area (TPSA) is 108 Å². The molecule has 0 atom stereocenters. The molecule has 0 saturated heterocycles. The first kappa shape index (κ1) is 19.2. The van der Waals surface area contributed by atoms with Crippen molar-refractivity contribution in [2.24, 2.45) is 0 Å². The molecule has 1 aliphatic heterocycles. The van der Waals surface area contributed by atoms with Crippen LogP contribution in [0.3, 0.4) is 0 Å². The number of aryl methyl sites for hydroxylation is 1. The van der Waals surface area contributed by atoms with Gasteiger partial charge in [0, 0.05) is 25.5 Å². The predicted octanol–water partition coefficient (Wildman–Crippen LogP) is 2.95. The van der Waals surface area contributed by atoms with Crippen molar-refractivity contribution in [1.82, 2.24) is 38.9 Å². The SMILES string of the molecule is CCc1cnc(N2CC=C(c3nsnc3Oc3ccc(-n4cnnn4)cc3)CC2)nc1. The normalized spacial score (nSPS) is 13.8. The molecule has 10 nitrogen and oxygen atoms in total. The summed E-state index contributed by atoms with van der Waals surface area (Å²) in [6, 6.07) is 7.47. The summed E-state index contributed by atoms with van der Waals surface area (Å²) in [6.07, 6.45) is 9.22. The van der Waals surface area contributed by atoms with Crippen molar-refractivity contribution in [1.29, 1.82) is 0 Å². The molecule has 156 valence electrons. The van der Waals surface area contributed by atoms with Crippen LogP contribution < -0.4 is 9.64 Å². The van der Waals surface area contributed by atoms with Gasteiger partial charge in [-0.3, -0.25) is 0 Å². The first-order chi connectivity index (χ1) is 15.3. The van der Waals surface area contributed by atoms with E-state index in [0.717, 1.165) is 66.1 Å². The fourth-order valence-corrected chi connectivity index (χ4v) is 3.78. The van der Waals surface area contributed by atoms with E-state index in [1.807, 2.05) is 36.7 Å². The van der Waals surface area contributed by atoms with Gasteiger partial charge in [0.2, 0.25) is 5.95 Å². The van der Waals surface area contributed by atoms with Crippen LogP contribution in [0.2, 0.25) is 0 Å². The van der Waals surface area contributed by atoms with E-state index in [9.17, 15) is 0 Å². The van der Waals surface area contributed by atoms with Crippen LogP contribution in [0.15, 0.2) is 49.1 Å². The van der Waals surface area contributed by atoms with Gasteiger partial charge in [-0.2, -0.15) is 4.37 Å². The zero-order valence-corrected chi connectivity index (χ0v) is 17.6. The monoisotopic (exact) mass is 433 g/mol. The summed E-state index contributed by atoms with van der Waals surface area (Å²) in [5.41, 5.74) is 3.89. The highest BCUT2D eigenvalue weighted by Crippen LogP contribution is 2.32. The van der Waals surface area contributed by atoms with Crippen molar-refractivity contribution in [3.05, 3.63) is 60.3 Å². The predicted molar refractivity (Wildman–Crippen MR) is 115 cm³/mol. The number of ether oxygens (including phenoxy) is 1. The van der Waals surface area contributed by atoms with Gasteiger partial charge < -0.3 is 9.64 Å². The van der Waals surface area contributed by atoms with Crippen LogP contribution in [0.4, 0.5) is 5.95 Å². The average molecular weight is 434 g/mol. The minimum absolute atomic E-state index is 0.517. The van der Waals surface area contributed by atoms with Gasteiger partial charge >= 0.3 is 0 Å². The molecule has 31 heavy (non-hydrogen) atoms. The number of tetrazole rings is 1. The average Bonchev–Trinajstić information content (AvgIpc) is 3.53. The third-order valence-electron chi connectivity index (χ3n) is 5.02. The van der Waals surface area contributed by atoms with Gasteiger partial charge in [-0.1, -0.05) is 13.0 Å². The highest BCUT2D eigenvalue weighted by Gasteiger charge is 2.21. The second kappa shape index (κ2) is 8.56. The molecule has 0 amide bonds. The highest BCUT2D eigenvalue weighted by atomic mass is 32.1. The molecule has 0 bridgehead atoms. The largest absolute Gasteiger partial charge is 0.436 e. The van der Waals surface area contributed by atoms with E-state index in [2.05, 4.69) is 52.1 Å². The standard InChI is InChI=1S/C20H19N9OS/c1-2-14-11-21-20(22-12-14)28-9-7-15(8-10-28)18-19(25-31-24-18)30-17-5-3-16(4-6-17)29-13-23-26-27-29/h3-7,11-13H,2,8-10H2,1H3. The summed E-state index contributed by atoms with van der Waals surface area (Å²) in [5.74, 6) is 1.94. The van der Waals surface area contributed by atoms with Crippen LogP contribution in [0.1, 0.15) is 24.6 Å². The molecule has 0 saturated carbocycles. The molecule has 4 aromatic rings. The number of hydrogen-bond acceptors (Lipinski definition) is 10. The second-order valence-corrected chi connectivity index (χ2v) is 7.47.